The molecular formula is C21H27N3. The van der Waals surface area contributed by atoms with Gasteiger partial charge < -0.3 is 13.7 Å². The summed E-state index contributed by atoms with van der Waals surface area (Å²) in [7, 11) is 0. The Hall–Kier alpha value is -2.29. The summed E-state index contributed by atoms with van der Waals surface area (Å²) in [6, 6.07) is 10.8. The minimum atomic E-state index is 1.03. The van der Waals surface area contributed by atoms with Gasteiger partial charge in [-0.25, -0.2) is 0 Å². The molecule has 0 N–H and O–H groups in total. The summed E-state index contributed by atoms with van der Waals surface area (Å²) in [5, 5.41) is 0. The molecule has 3 nitrogen and oxygen atoms in total. The Kier molecular flexibility index (Phi) is 5.52. The number of unbranched alkanes of at least 4 members (excludes halogenated alkanes) is 2. The zero-order chi connectivity index (χ0) is 16.8. The van der Waals surface area contributed by atoms with Crippen molar-refractivity contribution in [3.05, 3.63) is 67.0 Å². The van der Waals surface area contributed by atoms with Gasteiger partial charge in [-0.2, -0.15) is 0 Å². The molecule has 0 spiro atoms. The van der Waals surface area contributed by atoms with Crippen LogP contribution in [0.4, 0.5) is 0 Å². The SMILES string of the molecule is CCCCc1ccn(-c2cccc(-n3[c-][n+](CCCC)cc3)c2)c1. The quantitative estimate of drug-likeness (QED) is 0.428. The number of benzene rings is 1. The molecule has 0 unspecified atom stereocenters. The zero-order valence-corrected chi connectivity index (χ0v) is 14.8. The van der Waals surface area contributed by atoms with E-state index in [0.29, 0.717) is 0 Å². The Morgan fingerprint density at radius 3 is 2.67 bits per heavy atom. The van der Waals surface area contributed by atoms with Crippen molar-refractivity contribution in [1.29, 1.82) is 0 Å². The summed E-state index contributed by atoms with van der Waals surface area (Å²) in [5.41, 5.74) is 3.75. The van der Waals surface area contributed by atoms with Crippen LogP contribution in [0.25, 0.3) is 11.4 Å². The largest absolute Gasteiger partial charge is 0.326 e. The molecule has 3 heteroatoms. The van der Waals surface area contributed by atoms with Gasteiger partial charge in [0.05, 0.1) is 12.2 Å². The molecule has 24 heavy (non-hydrogen) atoms. The summed E-state index contributed by atoms with van der Waals surface area (Å²) in [5.74, 6) is 0. The Bertz CT molecular complexity index is 705. The van der Waals surface area contributed by atoms with E-state index in [9.17, 15) is 0 Å². The Balaban J connectivity index is 1.78. The number of hydrogen-bond donors (Lipinski definition) is 0. The highest BCUT2D eigenvalue weighted by molar-refractivity contribution is 5.44. The van der Waals surface area contributed by atoms with Gasteiger partial charge in [0.15, 0.2) is 0 Å². The van der Waals surface area contributed by atoms with Gasteiger partial charge in [-0.3, -0.25) is 0 Å². The highest BCUT2D eigenvalue weighted by Gasteiger charge is 2.03. The minimum Gasteiger partial charge on any atom is -0.326 e. The fourth-order valence-corrected chi connectivity index (χ4v) is 2.88. The number of imidazole rings is 1. The lowest BCUT2D eigenvalue weighted by molar-refractivity contribution is -0.700. The first-order chi connectivity index (χ1) is 11.8. The van der Waals surface area contributed by atoms with Crippen molar-refractivity contribution in [3.8, 4) is 11.4 Å². The molecule has 3 rings (SSSR count). The molecule has 2 heterocycles. The predicted octanol–water partition coefficient (Wildman–Crippen LogP) is 4.50. The predicted molar refractivity (Wildman–Crippen MR) is 97.6 cm³/mol. The van der Waals surface area contributed by atoms with Gasteiger partial charge in [-0.15, -0.1) is 0 Å². The maximum absolute atomic E-state index is 3.40. The number of aromatic nitrogens is 3. The van der Waals surface area contributed by atoms with Crippen LogP contribution in [0.1, 0.15) is 45.1 Å². The summed E-state index contributed by atoms with van der Waals surface area (Å²) >= 11 is 0. The molecule has 0 bridgehead atoms. The van der Waals surface area contributed by atoms with Crippen LogP contribution >= 0.6 is 0 Å². The van der Waals surface area contributed by atoms with Crippen molar-refractivity contribution in [3.63, 3.8) is 0 Å². The highest BCUT2D eigenvalue weighted by atomic mass is 15.1. The van der Waals surface area contributed by atoms with Crippen LogP contribution in [-0.4, -0.2) is 9.13 Å². The Labute approximate surface area is 145 Å². The molecule has 0 aliphatic carbocycles. The maximum atomic E-state index is 3.40. The van der Waals surface area contributed by atoms with Crippen molar-refractivity contribution in [2.45, 2.75) is 52.5 Å². The molecule has 0 aliphatic heterocycles. The molecule has 1 aromatic carbocycles. The van der Waals surface area contributed by atoms with Gasteiger partial charge in [0.2, 0.25) is 6.33 Å². The summed E-state index contributed by atoms with van der Waals surface area (Å²) < 4.78 is 6.42. The third kappa shape index (κ3) is 3.97. The molecule has 0 radical (unpaired) electrons. The molecule has 0 saturated heterocycles. The molecule has 126 valence electrons. The van der Waals surface area contributed by atoms with E-state index in [4.69, 9.17) is 0 Å². The third-order valence-corrected chi connectivity index (χ3v) is 4.36. The van der Waals surface area contributed by atoms with Crippen LogP contribution in [-0.2, 0) is 13.0 Å². The van der Waals surface area contributed by atoms with Gasteiger partial charge in [-0.05, 0) is 43.0 Å². The van der Waals surface area contributed by atoms with Crippen molar-refractivity contribution < 1.29 is 4.57 Å². The molecule has 3 aromatic rings. The van der Waals surface area contributed by atoms with Crippen molar-refractivity contribution in [1.82, 2.24) is 9.13 Å². The van der Waals surface area contributed by atoms with Gasteiger partial charge in [0.1, 0.15) is 0 Å². The van der Waals surface area contributed by atoms with Crippen LogP contribution < -0.4 is 4.57 Å². The molecule has 0 saturated carbocycles. The smallest absolute Gasteiger partial charge is 0.243 e. The van der Waals surface area contributed by atoms with E-state index in [2.05, 4.69) is 89.0 Å². The van der Waals surface area contributed by atoms with Gasteiger partial charge in [-0.1, -0.05) is 38.8 Å². The average molecular weight is 321 g/mol. The summed E-state index contributed by atoms with van der Waals surface area (Å²) in [6.45, 7) is 5.48. The fraction of sp³-hybridized carbons (Fsp3) is 0.381. The van der Waals surface area contributed by atoms with E-state index in [-0.39, 0.29) is 0 Å². The Morgan fingerprint density at radius 1 is 1.00 bits per heavy atom. The second kappa shape index (κ2) is 8.00. The first-order valence-electron chi connectivity index (χ1n) is 9.08. The monoisotopic (exact) mass is 321 g/mol. The molecule has 0 amide bonds. The third-order valence-electron chi connectivity index (χ3n) is 4.36. The summed E-state index contributed by atoms with van der Waals surface area (Å²) in [4.78, 5) is 0. The number of aryl methyl sites for hydroxylation is 2. The van der Waals surface area contributed by atoms with E-state index >= 15 is 0 Å². The van der Waals surface area contributed by atoms with Crippen LogP contribution in [0.15, 0.2) is 55.1 Å². The van der Waals surface area contributed by atoms with E-state index in [1.807, 2.05) is 0 Å². The van der Waals surface area contributed by atoms with Gasteiger partial charge >= 0.3 is 0 Å². The fourth-order valence-electron chi connectivity index (χ4n) is 2.88. The average Bonchev–Trinajstić information content (AvgIpc) is 3.28. The van der Waals surface area contributed by atoms with E-state index < -0.39 is 0 Å². The second-order valence-corrected chi connectivity index (χ2v) is 6.37. The van der Waals surface area contributed by atoms with Crippen LogP contribution in [0.2, 0.25) is 0 Å². The maximum Gasteiger partial charge on any atom is 0.243 e. The topological polar surface area (TPSA) is 13.7 Å². The summed E-state index contributed by atoms with van der Waals surface area (Å²) in [6.07, 6.45) is 18.0. The normalized spacial score (nSPS) is 11.1. The lowest BCUT2D eigenvalue weighted by Crippen LogP contribution is -2.31. The van der Waals surface area contributed by atoms with Crippen LogP contribution in [0.5, 0.6) is 0 Å². The van der Waals surface area contributed by atoms with Crippen LogP contribution in [0, 0.1) is 6.33 Å². The van der Waals surface area contributed by atoms with Crippen molar-refractivity contribution in [2.75, 3.05) is 0 Å². The van der Waals surface area contributed by atoms with Gasteiger partial charge in [0, 0.05) is 30.5 Å². The molecule has 0 fully saturated rings. The van der Waals surface area contributed by atoms with Crippen molar-refractivity contribution >= 4 is 0 Å². The zero-order valence-electron chi connectivity index (χ0n) is 14.8. The minimum absolute atomic E-state index is 1.03. The number of rotatable bonds is 8. The Morgan fingerprint density at radius 2 is 1.83 bits per heavy atom. The molecule has 0 aliphatic rings. The van der Waals surface area contributed by atoms with E-state index in [1.54, 1.807) is 0 Å². The first kappa shape index (κ1) is 16.6. The first-order valence-corrected chi connectivity index (χ1v) is 9.08. The lowest BCUT2D eigenvalue weighted by Gasteiger charge is -2.07. The lowest BCUT2D eigenvalue weighted by atomic mass is 10.2. The number of nitrogens with zero attached hydrogens (tertiary/aromatic N) is 3. The van der Waals surface area contributed by atoms with Gasteiger partial charge in [0.25, 0.3) is 0 Å². The second-order valence-electron chi connectivity index (χ2n) is 6.37. The molecule has 2 aromatic heterocycles. The van der Waals surface area contributed by atoms with Crippen molar-refractivity contribution in [2.24, 2.45) is 0 Å². The number of hydrogen-bond acceptors (Lipinski definition) is 0. The molecular weight excluding hydrogens is 294 g/mol. The van der Waals surface area contributed by atoms with E-state index in [0.717, 1.165) is 18.7 Å². The highest BCUT2D eigenvalue weighted by Crippen LogP contribution is 2.16. The molecule has 0 atom stereocenters. The van der Waals surface area contributed by atoms with E-state index in [1.165, 1.54) is 36.9 Å². The van der Waals surface area contributed by atoms with Crippen LogP contribution in [0.3, 0.4) is 0 Å². The standard InChI is InChI=1S/C21H27N3/c1-3-5-8-19-11-13-23(17-19)20-9-7-10-21(16-20)24-15-14-22(18-24)12-6-4-2/h7,9-11,13-17H,3-6,8,12H2,1-2H3.